The number of pyridine rings is 1. The molecule has 0 saturated carbocycles. The number of nitrogens with one attached hydrogen (secondary N) is 1. The van der Waals surface area contributed by atoms with Crippen molar-refractivity contribution in [2.45, 2.75) is 31.9 Å². The lowest BCUT2D eigenvalue weighted by molar-refractivity contribution is -0.0306. The van der Waals surface area contributed by atoms with Gasteiger partial charge in [0.2, 0.25) is 0 Å². The van der Waals surface area contributed by atoms with Crippen LogP contribution in [-0.2, 0) is 9.47 Å². The van der Waals surface area contributed by atoms with Gasteiger partial charge in [0.05, 0.1) is 41.4 Å². The van der Waals surface area contributed by atoms with Gasteiger partial charge in [-0.2, -0.15) is 5.10 Å². The van der Waals surface area contributed by atoms with Crippen molar-refractivity contribution in [3.63, 3.8) is 0 Å². The molecule has 9 nitrogen and oxygen atoms in total. The second-order valence-corrected chi connectivity index (χ2v) is 9.37. The lowest BCUT2D eigenvalue weighted by Crippen LogP contribution is -2.48. The number of fused-ring (bicyclic) bond motifs is 3. The van der Waals surface area contributed by atoms with Crippen LogP contribution in [0, 0.1) is 6.92 Å². The quantitative estimate of drug-likeness (QED) is 0.649. The zero-order valence-electron chi connectivity index (χ0n) is 19.5. The fourth-order valence-corrected chi connectivity index (χ4v) is 5.02. The maximum atomic E-state index is 13.6. The van der Waals surface area contributed by atoms with Crippen LogP contribution in [0.3, 0.4) is 0 Å². The van der Waals surface area contributed by atoms with Crippen LogP contribution >= 0.6 is 0 Å². The van der Waals surface area contributed by atoms with E-state index in [1.165, 1.54) is 0 Å². The molecule has 33 heavy (non-hydrogen) atoms. The lowest BCUT2D eigenvalue weighted by Gasteiger charge is -2.34. The topological polar surface area (TPSA) is 92.7 Å². The number of aryl methyl sites for hydroxylation is 1. The summed E-state index contributed by atoms with van der Waals surface area (Å²) in [6, 6.07) is 4.01. The van der Waals surface area contributed by atoms with Crippen LogP contribution in [0.25, 0.3) is 21.8 Å². The summed E-state index contributed by atoms with van der Waals surface area (Å²) in [5, 5.41) is 5.98. The number of H-pyrrole nitrogens is 1. The van der Waals surface area contributed by atoms with Gasteiger partial charge in [-0.1, -0.05) is 0 Å². The first-order valence-electron chi connectivity index (χ1n) is 11.6. The van der Waals surface area contributed by atoms with Gasteiger partial charge < -0.3 is 24.3 Å². The fourth-order valence-electron chi connectivity index (χ4n) is 5.02. The van der Waals surface area contributed by atoms with E-state index < -0.39 is 0 Å². The zero-order valence-corrected chi connectivity index (χ0v) is 19.5. The van der Waals surface area contributed by atoms with Crippen LogP contribution in [0.4, 0.5) is 0 Å². The maximum absolute atomic E-state index is 13.6. The van der Waals surface area contributed by atoms with E-state index in [1.807, 2.05) is 42.7 Å². The number of hydrogen-bond acceptors (Lipinski definition) is 6. The first-order valence-corrected chi connectivity index (χ1v) is 11.6. The molecule has 1 N–H and O–H groups in total. The molecule has 2 saturated heterocycles. The number of benzene rings is 1. The molecular weight excluding hydrogens is 422 g/mol. The number of ether oxygens (including phenoxy) is 2. The highest BCUT2D eigenvalue weighted by Gasteiger charge is 2.27. The average molecular weight is 454 g/mol. The fraction of sp³-hybridized carbons (Fsp3) is 0.542. The Morgan fingerprint density at radius 1 is 1.21 bits per heavy atom. The highest BCUT2D eigenvalue weighted by Crippen LogP contribution is 2.30. The van der Waals surface area contributed by atoms with Gasteiger partial charge in [0.25, 0.3) is 11.5 Å². The van der Waals surface area contributed by atoms with E-state index in [0.717, 1.165) is 41.4 Å². The highest BCUT2D eigenvalue weighted by atomic mass is 16.5. The van der Waals surface area contributed by atoms with Crippen LogP contribution in [0.2, 0.25) is 0 Å². The molecule has 0 bridgehead atoms. The molecule has 0 radical (unpaired) electrons. The second-order valence-electron chi connectivity index (χ2n) is 9.37. The van der Waals surface area contributed by atoms with Crippen LogP contribution in [0.5, 0.6) is 0 Å². The summed E-state index contributed by atoms with van der Waals surface area (Å²) < 4.78 is 13.3. The predicted octanol–water partition coefficient (Wildman–Crippen LogP) is 1.94. The van der Waals surface area contributed by atoms with E-state index in [1.54, 1.807) is 6.20 Å². The Morgan fingerprint density at radius 3 is 2.76 bits per heavy atom. The van der Waals surface area contributed by atoms with Crippen LogP contribution < -0.4 is 5.56 Å². The number of aromatic amines is 1. The summed E-state index contributed by atoms with van der Waals surface area (Å²) in [7, 11) is 4.01. The normalized spacial score (nSPS) is 20.2. The van der Waals surface area contributed by atoms with E-state index in [4.69, 9.17) is 9.47 Å². The molecule has 4 heterocycles. The summed E-state index contributed by atoms with van der Waals surface area (Å²) in [6.07, 6.45) is 3.34. The van der Waals surface area contributed by atoms with Crippen molar-refractivity contribution in [1.29, 1.82) is 0 Å². The third kappa shape index (κ3) is 4.16. The molecule has 1 aromatic carbocycles. The number of morpholine rings is 1. The molecule has 2 aliphatic rings. The Balaban J connectivity index is 1.57. The number of hydrogen-bond donors (Lipinski definition) is 1. The molecule has 176 valence electrons. The van der Waals surface area contributed by atoms with Gasteiger partial charge in [-0.15, -0.1) is 0 Å². The van der Waals surface area contributed by atoms with Gasteiger partial charge in [0.1, 0.15) is 0 Å². The number of carbonyl (C=O) groups is 1. The van der Waals surface area contributed by atoms with Gasteiger partial charge in [-0.25, -0.2) is 0 Å². The Bertz CT molecular complexity index is 1240. The van der Waals surface area contributed by atoms with Gasteiger partial charge in [-0.05, 0) is 51.6 Å². The average Bonchev–Trinajstić information content (AvgIpc) is 3.25. The summed E-state index contributed by atoms with van der Waals surface area (Å²) in [4.78, 5) is 33.3. The Kier molecular flexibility index (Phi) is 5.94. The molecular formula is C24H31N5O4. The van der Waals surface area contributed by atoms with Crippen molar-refractivity contribution in [2.75, 3.05) is 53.6 Å². The van der Waals surface area contributed by atoms with Crippen molar-refractivity contribution < 1.29 is 14.3 Å². The van der Waals surface area contributed by atoms with E-state index in [0.29, 0.717) is 43.9 Å². The molecule has 0 aliphatic carbocycles. The van der Waals surface area contributed by atoms with E-state index in [-0.39, 0.29) is 23.6 Å². The van der Waals surface area contributed by atoms with Crippen LogP contribution in [0.1, 0.15) is 34.8 Å². The monoisotopic (exact) mass is 453 g/mol. The largest absolute Gasteiger partial charge is 0.381 e. The summed E-state index contributed by atoms with van der Waals surface area (Å²) in [5.74, 6) is -0.00191. The Hall–Kier alpha value is -2.75. The highest BCUT2D eigenvalue weighted by molar-refractivity contribution is 6.07. The van der Waals surface area contributed by atoms with E-state index in [2.05, 4.69) is 15.0 Å². The number of rotatable bonds is 4. The Labute approximate surface area is 192 Å². The van der Waals surface area contributed by atoms with Crippen molar-refractivity contribution in [2.24, 2.45) is 0 Å². The van der Waals surface area contributed by atoms with E-state index >= 15 is 0 Å². The lowest BCUT2D eigenvalue weighted by atomic mass is 10.0. The van der Waals surface area contributed by atoms with Crippen LogP contribution in [0.15, 0.2) is 23.1 Å². The molecule has 9 heteroatoms. The molecule has 3 aromatic rings. The molecule has 5 rings (SSSR count). The van der Waals surface area contributed by atoms with Gasteiger partial charge in [0.15, 0.2) is 0 Å². The van der Waals surface area contributed by atoms with Gasteiger partial charge in [0, 0.05) is 43.8 Å². The minimum Gasteiger partial charge on any atom is -0.381 e. The second kappa shape index (κ2) is 8.89. The molecule has 2 fully saturated rings. The first kappa shape index (κ1) is 22.1. The smallest absolute Gasteiger partial charge is 0.259 e. The number of carbonyl (C=O) groups excluding carboxylic acids is 1. The third-order valence-electron chi connectivity index (χ3n) is 6.67. The Morgan fingerprint density at radius 2 is 2.00 bits per heavy atom. The van der Waals surface area contributed by atoms with Crippen molar-refractivity contribution in [3.05, 3.63) is 39.8 Å². The van der Waals surface area contributed by atoms with Crippen molar-refractivity contribution in [3.8, 4) is 0 Å². The zero-order chi connectivity index (χ0) is 23.1. The molecule has 0 spiro atoms. The number of nitrogens with zero attached hydrogens (tertiary/aromatic N) is 4. The number of aromatic nitrogens is 3. The molecule has 2 aromatic heterocycles. The van der Waals surface area contributed by atoms with E-state index in [9.17, 15) is 9.59 Å². The standard InChI is InChI=1S/C24H31N5O4/c1-15-10-21-19(11-18(15)24(31)28-6-9-33-17(14-28)13-27(2)3)22-20(23(30)26-21)12-25-29(22)16-4-7-32-8-5-16/h10-12,16-17H,4-9,13-14H2,1-3H3,(H,26,30). The van der Waals surface area contributed by atoms with Crippen LogP contribution in [-0.4, -0.2) is 90.1 Å². The number of amides is 1. The summed E-state index contributed by atoms with van der Waals surface area (Å²) in [6.45, 7) is 5.72. The molecule has 1 amide bonds. The SMILES string of the molecule is Cc1cc2[nH]c(=O)c3cnn(C4CCOCC4)c3c2cc1C(=O)N1CCOC(CN(C)C)C1. The van der Waals surface area contributed by atoms with Crippen molar-refractivity contribution in [1.82, 2.24) is 24.6 Å². The van der Waals surface area contributed by atoms with Crippen molar-refractivity contribution >= 4 is 27.7 Å². The van der Waals surface area contributed by atoms with Gasteiger partial charge in [-0.3, -0.25) is 14.3 Å². The van der Waals surface area contributed by atoms with Gasteiger partial charge >= 0.3 is 0 Å². The summed E-state index contributed by atoms with van der Waals surface area (Å²) >= 11 is 0. The minimum atomic E-state index is -0.158. The maximum Gasteiger partial charge on any atom is 0.259 e. The molecule has 1 atom stereocenters. The molecule has 1 unspecified atom stereocenters. The predicted molar refractivity (Wildman–Crippen MR) is 126 cm³/mol. The third-order valence-corrected chi connectivity index (χ3v) is 6.67. The number of likely N-dealkylation sites (N-methyl/N-ethyl adjacent to an activating group) is 1. The summed E-state index contributed by atoms with van der Waals surface area (Å²) in [5.41, 5.74) is 2.86. The first-order chi connectivity index (χ1) is 15.9. The molecule has 2 aliphatic heterocycles. The minimum absolute atomic E-state index is 0.00191.